The van der Waals surface area contributed by atoms with Crippen LogP contribution in [-0.2, 0) is 0 Å². The summed E-state index contributed by atoms with van der Waals surface area (Å²) in [6.07, 6.45) is 2.50. The molecule has 12 heavy (non-hydrogen) atoms. The van der Waals surface area contributed by atoms with Gasteiger partial charge in [-0.1, -0.05) is 0 Å². The van der Waals surface area contributed by atoms with Crippen LogP contribution < -0.4 is 0 Å². The van der Waals surface area contributed by atoms with Gasteiger partial charge >= 0.3 is 0 Å². The highest BCUT2D eigenvalue weighted by molar-refractivity contribution is 5.62. The van der Waals surface area contributed by atoms with Gasteiger partial charge in [-0.3, -0.25) is 4.98 Å². The first-order valence-corrected chi connectivity index (χ1v) is 3.42. The van der Waals surface area contributed by atoms with Crippen molar-refractivity contribution in [1.29, 1.82) is 5.26 Å². The maximum Gasteiger partial charge on any atom is 0.141 e. The van der Waals surface area contributed by atoms with Crippen LogP contribution in [-0.4, -0.2) is 4.98 Å². The summed E-state index contributed by atoms with van der Waals surface area (Å²) in [6, 6.07) is 4.74. The van der Waals surface area contributed by atoms with Gasteiger partial charge in [0.15, 0.2) is 0 Å². The van der Waals surface area contributed by atoms with Gasteiger partial charge in [-0.2, -0.15) is 5.26 Å². The minimum Gasteiger partial charge on any atom is -0.254 e. The monoisotopic (exact) mass is 162 g/mol. The maximum atomic E-state index is 12.4. The van der Waals surface area contributed by atoms with Crippen LogP contribution in [0.4, 0.5) is 4.39 Å². The number of nitrogens with zero attached hydrogens (tertiary/aromatic N) is 2. The molecule has 0 saturated heterocycles. The number of pyridine rings is 1. The summed E-state index contributed by atoms with van der Waals surface area (Å²) >= 11 is 0. The zero-order chi connectivity index (χ0) is 8.97. The minimum atomic E-state index is -0.372. The fourth-order valence-electron chi connectivity index (χ4n) is 0.780. The Hall–Kier alpha value is -1.69. The molecule has 1 heterocycles. The first-order chi connectivity index (χ1) is 5.74. The normalized spacial score (nSPS) is 10.9. The first kappa shape index (κ1) is 8.41. The summed E-state index contributed by atoms with van der Waals surface area (Å²) in [5.41, 5.74) is 1.36. The van der Waals surface area contributed by atoms with Crippen molar-refractivity contribution in [2.24, 2.45) is 0 Å². The van der Waals surface area contributed by atoms with Crippen LogP contribution in [0.3, 0.4) is 0 Å². The van der Waals surface area contributed by atoms with Crippen molar-refractivity contribution in [3.8, 4) is 6.07 Å². The predicted molar refractivity (Wildman–Crippen MR) is 43.5 cm³/mol. The summed E-state index contributed by atoms with van der Waals surface area (Å²) in [7, 11) is 0. The summed E-state index contributed by atoms with van der Waals surface area (Å²) < 4.78 is 12.4. The number of hydrogen-bond acceptors (Lipinski definition) is 2. The summed E-state index contributed by atoms with van der Waals surface area (Å²) in [4.78, 5) is 3.80. The van der Waals surface area contributed by atoms with E-state index in [4.69, 9.17) is 5.26 Å². The molecule has 1 aromatic rings. The Morgan fingerprint density at radius 1 is 1.67 bits per heavy atom. The van der Waals surface area contributed by atoms with Gasteiger partial charge in [0, 0.05) is 6.08 Å². The van der Waals surface area contributed by atoms with Crippen molar-refractivity contribution in [2.45, 2.75) is 6.92 Å². The average Bonchev–Trinajstić information content (AvgIpc) is 2.06. The van der Waals surface area contributed by atoms with E-state index in [0.717, 1.165) is 11.8 Å². The number of rotatable bonds is 1. The molecule has 0 unspecified atom stereocenters. The SMILES string of the molecule is CC(=CC#N)c1ccc(F)cn1. The molecular formula is C9H7FN2. The lowest BCUT2D eigenvalue weighted by molar-refractivity contribution is 0.621. The third-order valence-electron chi connectivity index (χ3n) is 1.41. The molecule has 0 spiro atoms. The van der Waals surface area contributed by atoms with Crippen LogP contribution in [0.1, 0.15) is 12.6 Å². The van der Waals surface area contributed by atoms with Gasteiger partial charge in [0.05, 0.1) is 18.0 Å². The van der Waals surface area contributed by atoms with Crippen LogP contribution in [0, 0.1) is 17.1 Å². The molecule has 0 N–H and O–H groups in total. The largest absolute Gasteiger partial charge is 0.254 e. The molecular weight excluding hydrogens is 155 g/mol. The molecule has 0 aliphatic rings. The summed E-state index contributed by atoms with van der Waals surface area (Å²) in [6.45, 7) is 1.75. The fourth-order valence-corrected chi connectivity index (χ4v) is 0.780. The van der Waals surface area contributed by atoms with Crippen LogP contribution >= 0.6 is 0 Å². The molecule has 1 aromatic heterocycles. The Balaban J connectivity index is 2.99. The zero-order valence-corrected chi connectivity index (χ0v) is 6.58. The number of allylic oxidation sites excluding steroid dienone is 2. The van der Waals surface area contributed by atoms with Gasteiger partial charge in [0.2, 0.25) is 0 Å². The Morgan fingerprint density at radius 3 is 2.92 bits per heavy atom. The van der Waals surface area contributed by atoms with Crippen molar-refractivity contribution in [2.75, 3.05) is 0 Å². The molecule has 3 heteroatoms. The van der Waals surface area contributed by atoms with Gasteiger partial charge in [0.1, 0.15) is 5.82 Å². The molecule has 0 aromatic carbocycles. The van der Waals surface area contributed by atoms with E-state index in [1.807, 2.05) is 6.07 Å². The highest BCUT2D eigenvalue weighted by Crippen LogP contribution is 2.09. The van der Waals surface area contributed by atoms with E-state index in [2.05, 4.69) is 4.98 Å². The first-order valence-electron chi connectivity index (χ1n) is 3.42. The van der Waals surface area contributed by atoms with Crippen LogP contribution in [0.2, 0.25) is 0 Å². The third kappa shape index (κ3) is 1.89. The van der Waals surface area contributed by atoms with Crippen molar-refractivity contribution in [3.63, 3.8) is 0 Å². The van der Waals surface area contributed by atoms with E-state index in [0.29, 0.717) is 5.69 Å². The molecule has 0 aliphatic heterocycles. The van der Waals surface area contributed by atoms with E-state index in [9.17, 15) is 4.39 Å². The van der Waals surface area contributed by atoms with Gasteiger partial charge in [-0.05, 0) is 24.6 Å². The summed E-state index contributed by atoms with van der Waals surface area (Å²) in [5.74, 6) is -0.372. The number of aromatic nitrogens is 1. The van der Waals surface area contributed by atoms with E-state index in [1.165, 1.54) is 12.1 Å². The number of halogens is 1. The predicted octanol–water partition coefficient (Wildman–Crippen LogP) is 2.15. The second-order valence-electron chi connectivity index (χ2n) is 2.32. The zero-order valence-electron chi connectivity index (χ0n) is 6.58. The van der Waals surface area contributed by atoms with Gasteiger partial charge in [-0.15, -0.1) is 0 Å². The van der Waals surface area contributed by atoms with Crippen LogP contribution in [0.25, 0.3) is 5.57 Å². The van der Waals surface area contributed by atoms with Crippen LogP contribution in [0.15, 0.2) is 24.4 Å². The van der Waals surface area contributed by atoms with Gasteiger partial charge < -0.3 is 0 Å². The van der Waals surface area contributed by atoms with E-state index < -0.39 is 0 Å². The quantitative estimate of drug-likeness (QED) is 0.593. The Morgan fingerprint density at radius 2 is 2.42 bits per heavy atom. The third-order valence-corrected chi connectivity index (χ3v) is 1.41. The van der Waals surface area contributed by atoms with Crippen molar-refractivity contribution >= 4 is 5.57 Å². The molecule has 0 saturated carbocycles. The molecule has 1 rings (SSSR count). The Bertz CT molecular complexity index is 333. The molecule has 0 radical (unpaired) electrons. The topological polar surface area (TPSA) is 36.7 Å². The lowest BCUT2D eigenvalue weighted by Gasteiger charge is -1.96. The highest BCUT2D eigenvalue weighted by atomic mass is 19.1. The van der Waals surface area contributed by atoms with Gasteiger partial charge in [0.25, 0.3) is 0 Å². The van der Waals surface area contributed by atoms with Gasteiger partial charge in [-0.25, -0.2) is 4.39 Å². The second kappa shape index (κ2) is 3.63. The van der Waals surface area contributed by atoms with E-state index >= 15 is 0 Å². The number of nitriles is 1. The van der Waals surface area contributed by atoms with E-state index in [1.54, 1.807) is 13.0 Å². The van der Waals surface area contributed by atoms with Crippen molar-refractivity contribution < 1.29 is 4.39 Å². The molecule has 0 bridgehead atoms. The van der Waals surface area contributed by atoms with Crippen molar-refractivity contribution in [3.05, 3.63) is 35.9 Å². The maximum absolute atomic E-state index is 12.4. The van der Waals surface area contributed by atoms with Crippen LogP contribution in [0.5, 0.6) is 0 Å². The summed E-state index contributed by atoms with van der Waals surface area (Å²) in [5, 5.41) is 8.32. The smallest absolute Gasteiger partial charge is 0.141 e. The minimum absolute atomic E-state index is 0.372. The number of hydrogen-bond donors (Lipinski definition) is 0. The lowest BCUT2D eigenvalue weighted by Crippen LogP contribution is -1.85. The lowest BCUT2D eigenvalue weighted by atomic mass is 10.2. The molecule has 0 aliphatic carbocycles. The fraction of sp³-hybridized carbons (Fsp3) is 0.111. The standard InChI is InChI=1S/C9H7FN2/c1-7(4-5-11)9-3-2-8(10)6-12-9/h2-4,6H,1H3. The van der Waals surface area contributed by atoms with E-state index in [-0.39, 0.29) is 5.82 Å². The Labute approximate surface area is 70.0 Å². The second-order valence-corrected chi connectivity index (χ2v) is 2.32. The highest BCUT2D eigenvalue weighted by Gasteiger charge is 1.96. The Kier molecular flexibility index (Phi) is 2.54. The molecule has 2 nitrogen and oxygen atoms in total. The molecule has 0 amide bonds. The molecule has 0 fully saturated rings. The molecule has 60 valence electrons. The average molecular weight is 162 g/mol. The van der Waals surface area contributed by atoms with Crippen molar-refractivity contribution in [1.82, 2.24) is 4.98 Å². The molecule has 0 atom stereocenters.